The summed E-state index contributed by atoms with van der Waals surface area (Å²) < 4.78 is 24.1. The Morgan fingerprint density at radius 3 is 2.27 bits per heavy atom. The predicted molar refractivity (Wildman–Crippen MR) is 61.7 cm³/mol. The third-order valence-electron chi connectivity index (χ3n) is 3.66. The van der Waals surface area contributed by atoms with Crippen LogP contribution in [0.5, 0.6) is 0 Å². The molecule has 0 radical (unpaired) electrons. The lowest BCUT2D eigenvalue weighted by Gasteiger charge is -2.24. The lowest BCUT2D eigenvalue weighted by atomic mass is 10.1. The smallest absolute Gasteiger partial charge is 0.154 e. The van der Waals surface area contributed by atoms with E-state index in [0.29, 0.717) is 5.75 Å². The average Bonchev–Trinajstić information content (AvgIpc) is 2.71. The zero-order valence-electron chi connectivity index (χ0n) is 9.24. The van der Waals surface area contributed by atoms with Crippen LogP contribution in [0.25, 0.3) is 0 Å². The summed E-state index contributed by atoms with van der Waals surface area (Å²) in [6.45, 7) is 0.991. The summed E-state index contributed by atoms with van der Waals surface area (Å²) in [6, 6.07) is 0.226. The number of hydrogen-bond acceptors (Lipinski definition) is 3. The van der Waals surface area contributed by atoms with E-state index in [4.69, 9.17) is 0 Å². The second kappa shape index (κ2) is 4.83. The van der Waals surface area contributed by atoms with E-state index in [1.807, 2.05) is 0 Å². The predicted octanol–water partition coefficient (Wildman–Crippen LogP) is 1.49. The molecule has 4 heteroatoms. The molecule has 0 amide bonds. The molecule has 0 spiro atoms. The number of hydrogen-bond donors (Lipinski definition) is 1. The Labute approximate surface area is 92.6 Å². The van der Waals surface area contributed by atoms with E-state index >= 15 is 0 Å². The summed E-state index contributed by atoms with van der Waals surface area (Å²) in [5.74, 6) is 0.373. The molecule has 0 aromatic rings. The van der Waals surface area contributed by atoms with E-state index in [9.17, 15) is 8.42 Å². The van der Waals surface area contributed by atoms with Gasteiger partial charge in [0.1, 0.15) is 0 Å². The molecule has 2 fully saturated rings. The third kappa shape index (κ3) is 2.94. The monoisotopic (exact) mass is 231 g/mol. The Bertz CT molecular complexity index is 288. The van der Waals surface area contributed by atoms with Crippen LogP contribution in [0.15, 0.2) is 0 Å². The third-order valence-corrected chi connectivity index (χ3v) is 6.01. The number of nitrogens with one attached hydrogen (secondary N) is 1. The Morgan fingerprint density at radius 1 is 1.00 bits per heavy atom. The maximum absolute atomic E-state index is 12.1. The van der Waals surface area contributed by atoms with Gasteiger partial charge in [-0.2, -0.15) is 0 Å². The maximum atomic E-state index is 12.1. The number of piperidine rings is 1. The first-order valence-corrected chi connectivity index (χ1v) is 7.85. The molecule has 1 heterocycles. The number of sulfone groups is 1. The minimum Gasteiger partial charge on any atom is -0.313 e. The highest BCUT2D eigenvalue weighted by atomic mass is 32.2. The lowest BCUT2D eigenvalue weighted by Crippen LogP contribution is -2.41. The van der Waals surface area contributed by atoms with Crippen molar-refractivity contribution in [3.63, 3.8) is 0 Å². The van der Waals surface area contributed by atoms with Crippen LogP contribution in [0.2, 0.25) is 0 Å². The van der Waals surface area contributed by atoms with Crippen molar-refractivity contribution in [2.24, 2.45) is 0 Å². The maximum Gasteiger partial charge on any atom is 0.154 e. The summed E-state index contributed by atoms with van der Waals surface area (Å²) in [6.07, 6.45) is 7.40. The quantitative estimate of drug-likeness (QED) is 0.800. The Balaban J connectivity index is 1.90. The zero-order chi connectivity index (χ0) is 10.7. The van der Waals surface area contributed by atoms with Crippen LogP contribution in [0, 0.1) is 0 Å². The van der Waals surface area contributed by atoms with Crippen molar-refractivity contribution in [1.82, 2.24) is 5.32 Å². The van der Waals surface area contributed by atoms with Gasteiger partial charge in [-0.1, -0.05) is 19.3 Å². The molecule has 1 unspecified atom stereocenters. The lowest BCUT2D eigenvalue weighted by molar-refractivity contribution is 0.422. The average molecular weight is 231 g/mol. The molecule has 1 aliphatic heterocycles. The van der Waals surface area contributed by atoms with Gasteiger partial charge in [0.05, 0.1) is 11.0 Å². The van der Waals surface area contributed by atoms with Gasteiger partial charge in [0.25, 0.3) is 0 Å². The first-order chi connectivity index (χ1) is 7.18. The minimum absolute atomic E-state index is 0.0266. The van der Waals surface area contributed by atoms with E-state index in [2.05, 4.69) is 5.32 Å². The van der Waals surface area contributed by atoms with Crippen molar-refractivity contribution in [2.75, 3.05) is 12.3 Å². The summed E-state index contributed by atoms with van der Waals surface area (Å²) in [5, 5.41) is 3.29. The fraction of sp³-hybridized carbons (Fsp3) is 1.00. The van der Waals surface area contributed by atoms with Crippen LogP contribution >= 0.6 is 0 Å². The van der Waals surface area contributed by atoms with E-state index in [1.165, 1.54) is 12.8 Å². The molecular weight excluding hydrogens is 210 g/mol. The van der Waals surface area contributed by atoms with Crippen LogP contribution in [0.1, 0.15) is 44.9 Å². The SMILES string of the molecule is O=S(=O)(CC1CCCCN1)C1CCCC1. The normalized spacial score (nSPS) is 29.5. The second-order valence-corrected chi connectivity index (χ2v) is 7.21. The first-order valence-electron chi connectivity index (χ1n) is 6.13. The molecule has 1 saturated carbocycles. The minimum atomic E-state index is -2.82. The first kappa shape index (κ1) is 11.4. The van der Waals surface area contributed by atoms with Crippen molar-refractivity contribution in [2.45, 2.75) is 56.2 Å². The van der Waals surface area contributed by atoms with Gasteiger partial charge in [-0.25, -0.2) is 8.42 Å². The van der Waals surface area contributed by atoms with Gasteiger partial charge in [0.15, 0.2) is 9.84 Å². The molecule has 2 rings (SSSR count). The Hall–Kier alpha value is -0.0900. The highest BCUT2D eigenvalue weighted by molar-refractivity contribution is 7.92. The second-order valence-electron chi connectivity index (χ2n) is 4.88. The topological polar surface area (TPSA) is 46.2 Å². The van der Waals surface area contributed by atoms with Gasteiger partial charge >= 0.3 is 0 Å². The summed E-state index contributed by atoms with van der Waals surface area (Å²) in [7, 11) is -2.82. The molecule has 15 heavy (non-hydrogen) atoms. The molecule has 1 N–H and O–H groups in total. The molecule has 1 atom stereocenters. The summed E-state index contributed by atoms with van der Waals surface area (Å²) >= 11 is 0. The van der Waals surface area contributed by atoms with Crippen LogP contribution < -0.4 is 5.32 Å². The molecule has 2 aliphatic rings. The molecule has 0 aromatic heterocycles. The molecule has 0 aromatic carbocycles. The molecule has 0 bridgehead atoms. The van der Waals surface area contributed by atoms with Gasteiger partial charge < -0.3 is 5.32 Å². The van der Waals surface area contributed by atoms with E-state index < -0.39 is 9.84 Å². The van der Waals surface area contributed by atoms with Gasteiger partial charge in [-0.05, 0) is 32.2 Å². The van der Waals surface area contributed by atoms with Gasteiger partial charge in [-0.3, -0.25) is 0 Å². The van der Waals surface area contributed by atoms with Crippen molar-refractivity contribution < 1.29 is 8.42 Å². The highest BCUT2D eigenvalue weighted by Crippen LogP contribution is 2.26. The molecular formula is C11H21NO2S. The van der Waals surface area contributed by atoms with Crippen LogP contribution in [0.4, 0.5) is 0 Å². The van der Waals surface area contributed by atoms with Crippen LogP contribution in [-0.2, 0) is 9.84 Å². The van der Waals surface area contributed by atoms with Crippen molar-refractivity contribution in [3.05, 3.63) is 0 Å². The standard InChI is InChI=1S/C11H21NO2S/c13-15(14,11-6-1-2-7-11)9-10-5-3-4-8-12-10/h10-12H,1-9H2. The molecule has 1 aliphatic carbocycles. The van der Waals surface area contributed by atoms with Gasteiger partial charge in [0.2, 0.25) is 0 Å². The number of rotatable bonds is 3. The van der Waals surface area contributed by atoms with E-state index in [1.54, 1.807) is 0 Å². The Morgan fingerprint density at radius 2 is 1.67 bits per heavy atom. The highest BCUT2D eigenvalue weighted by Gasteiger charge is 2.31. The van der Waals surface area contributed by atoms with Crippen LogP contribution in [-0.4, -0.2) is 32.0 Å². The van der Waals surface area contributed by atoms with Crippen molar-refractivity contribution in [1.29, 1.82) is 0 Å². The molecule has 1 saturated heterocycles. The fourth-order valence-corrected chi connectivity index (χ4v) is 4.90. The van der Waals surface area contributed by atoms with E-state index in [0.717, 1.165) is 38.6 Å². The van der Waals surface area contributed by atoms with Gasteiger partial charge in [-0.15, -0.1) is 0 Å². The molecule has 3 nitrogen and oxygen atoms in total. The van der Waals surface area contributed by atoms with Crippen molar-refractivity contribution >= 4 is 9.84 Å². The Kier molecular flexibility index (Phi) is 3.67. The van der Waals surface area contributed by atoms with Crippen LogP contribution in [0.3, 0.4) is 0 Å². The zero-order valence-corrected chi connectivity index (χ0v) is 10.1. The van der Waals surface area contributed by atoms with E-state index in [-0.39, 0.29) is 11.3 Å². The fourth-order valence-electron chi connectivity index (χ4n) is 2.73. The van der Waals surface area contributed by atoms with Gasteiger partial charge in [0, 0.05) is 6.04 Å². The molecule has 88 valence electrons. The van der Waals surface area contributed by atoms with Crippen molar-refractivity contribution in [3.8, 4) is 0 Å². The summed E-state index contributed by atoms with van der Waals surface area (Å²) in [4.78, 5) is 0. The largest absolute Gasteiger partial charge is 0.313 e. The summed E-state index contributed by atoms with van der Waals surface area (Å²) in [5.41, 5.74) is 0.